The molecule has 1 heterocycles. The molecule has 110 valence electrons. The highest BCUT2D eigenvalue weighted by Crippen LogP contribution is 2.14. The Kier molecular flexibility index (Phi) is 5.04. The summed E-state index contributed by atoms with van der Waals surface area (Å²) in [6.45, 7) is 6.58. The van der Waals surface area contributed by atoms with Gasteiger partial charge >= 0.3 is 0 Å². The molecule has 0 aliphatic rings. The maximum atomic E-state index is 12.7. The van der Waals surface area contributed by atoms with Crippen LogP contribution in [0.25, 0.3) is 0 Å². The van der Waals surface area contributed by atoms with Gasteiger partial charge in [-0.1, -0.05) is 37.3 Å². The first-order chi connectivity index (χ1) is 10.1. The maximum Gasteiger partial charge on any atom is 0.274 e. The minimum Gasteiger partial charge on any atom is -0.330 e. The Labute approximate surface area is 125 Å². The van der Waals surface area contributed by atoms with E-state index in [1.54, 1.807) is 12.4 Å². The van der Waals surface area contributed by atoms with Crippen LogP contribution in [0.4, 0.5) is 0 Å². The molecule has 2 rings (SSSR count). The number of aryl methyl sites for hydroxylation is 1. The molecule has 4 nitrogen and oxygen atoms in total. The van der Waals surface area contributed by atoms with Crippen LogP contribution in [0.3, 0.4) is 0 Å². The van der Waals surface area contributed by atoms with Crippen molar-refractivity contribution >= 4 is 5.91 Å². The van der Waals surface area contributed by atoms with Crippen molar-refractivity contribution in [3.63, 3.8) is 0 Å². The molecule has 0 saturated heterocycles. The lowest BCUT2D eigenvalue weighted by Crippen LogP contribution is -2.38. The van der Waals surface area contributed by atoms with E-state index < -0.39 is 0 Å². The van der Waals surface area contributed by atoms with Gasteiger partial charge in [-0.2, -0.15) is 0 Å². The monoisotopic (exact) mass is 283 g/mol. The molecule has 21 heavy (non-hydrogen) atoms. The third-order valence-electron chi connectivity index (χ3n) is 3.58. The van der Waals surface area contributed by atoms with Gasteiger partial charge in [0.2, 0.25) is 0 Å². The molecule has 0 bridgehead atoms. The summed E-state index contributed by atoms with van der Waals surface area (Å²) < 4.78 is 0. The van der Waals surface area contributed by atoms with Gasteiger partial charge in [-0.25, -0.2) is 4.98 Å². The van der Waals surface area contributed by atoms with Crippen LogP contribution in [-0.2, 0) is 6.54 Å². The molecule has 1 aromatic carbocycles. The third-order valence-corrected chi connectivity index (χ3v) is 3.58. The number of hydrogen-bond donors (Lipinski definition) is 0. The summed E-state index contributed by atoms with van der Waals surface area (Å²) in [5, 5.41) is 0. The van der Waals surface area contributed by atoms with Crippen molar-refractivity contribution in [2.45, 2.75) is 39.8 Å². The van der Waals surface area contributed by atoms with Gasteiger partial charge in [0.1, 0.15) is 5.69 Å². The molecule has 1 amide bonds. The van der Waals surface area contributed by atoms with Crippen molar-refractivity contribution in [2.24, 2.45) is 0 Å². The van der Waals surface area contributed by atoms with Crippen LogP contribution < -0.4 is 0 Å². The molecule has 0 radical (unpaired) electrons. The van der Waals surface area contributed by atoms with Gasteiger partial charge in [0.25, 0.3) is 5.91 Å². The van der Waals surface area contributed by atoms with Crippen molar-refractivity contribution in [3.05, 3.63) is 59.7 Å². The van der Waals surface area contributed by atoms with Crippen molar-refractivity contribution in [3.8, 4) is 0 Å². The number of carbonyl (C=O) groups excluding carboxylic acids is 1. The summed E-state index contributed by atoms with van der Waals surface area (Å²) >= 11 is 0. The Bertz CT molecular complexity index is 581. The minimum atomic E-state index is -0.0688. The predicted molar refractivity (Wildman–Crippen MR) is 82.8 cm³/mol. The molecule has 4 heteroatoms. The van der Waals surface area contributed by atoms with E-state index in [1.807, 2.05) is 42.2 Å². The second-order valence-electron chi connectivity index (χ2n) is 5.22. The molecular formula is C17H21N3O. The average Bonchev–Trinajstić information content (AvgIpc) is 2.53. The summed E-state index contributed by atoms with van der Waals surface area (Å²) in [5.74, 6) is -0.0688. The molecule has 0 saturated carbocycles. The van der Waals surface area contributed by atoms with E-state index >= 15 is 0 Å². The van der Waals surface area contributed by atoms with E-state index in [9.17, 15) is 4.79 Å². The van der Waals surface area contributed by atoms with E-state index in [1.165, 1.54) is 0 Å². The van der Waals surface area contributed by atoms with E-state index in [-0.39, 0.29) is 11.9 Å². The Morgan fingerprint density at radius 1 is 1.19 bits per heavy atom. The van der Waals surface area contributed by atoms with Crippen molar-refractivity contribution in [1.82, 2.24) is 14.9 Å². The molecule has 0 aliphatic carbocycles. The van der Waals surface area contributed by atoms with Gasteiger partial charge < -0.3 is 4.90 Å². The van der Waals surface area contributed by atoms with Gasteiger partial charge in [0, 0.05) is 18.8 Å². The van der Waals surface area contributed by atoms with E-state index in [2.05, 4.69) is 23.8 Å². The molecule has 0 spiro atoms. The Balaban J connectivity index is 2.23. The summed E-state index contributed by atoms with van der Waals surface area (Å²) in [6, 6.07) is 10.2. The second kappa shape index (κ2) is 6.97. The Morgan fingerprint density at radius 3 is 2.48 bits per heavy atom. The molecule has 1 aromatic heterocycles. The molecular weight excluding hydrogens is 262 g/mol. The summed E-state index contributed by atoms with van der Waals surface area (Å²) in [4.78, 5) is 22.9. The van der Waals surface area contributed by atoms with Gasteiger partial charge in [0.15, 0.2) is 0 Å². The van der Waals surface area contributed by atoms with E-state index in [0.29, 0.717) is 12.2 Å². The molecule has 0 aliphatic heterocycles. The minimum absolute atomic E-state index is 0.0688. The van der Waals surface area contributed by atoms with Crippen LogP contribution in [-0.4, -0.2) is 26.8 Å². The number of hydrogen-bond acceptors (Lipinski definition) is 3. The molecule has 0 unspecified atom stereocenters. The summed E-state index contributed by atoms with van der Waals surface area (Å²) in [7, 11) is 0. The first-order valence-electron chi connectivity index (χ1n) is 7.25. The fourth-order valence-electron chi connectivity index (χ4n) is 2.08. The smallest absolute Gasteiger partial charge is 0.274 e. The highest BCUT2D eigenvalue weighted by atomic mass is 16.2. The number of carbonyl (C=O) groups is 1. The zero-order valence-corrected chi connectivity index (χ0v) is 12.8. The predicted octanol–water partition coefficient (Wildman–Crippen LogP) is 3.23. The summed E-state index contributed by atoms with van der Waals surface area (Å²) in [6.07, 6.45) is 4.08. The first kappa shape index (κ1) is 15.2. The SMILES string of the molecule is CC[C@@H](C)N(Cc1ccccc1)C(=O)c1cnc(C)cn1. The fourth-order valence-corrected chi connectivity index (χ4v) is 2.08. The van der Waals surface area contributed by atoms with Gasteiger partial charge in [-0.3, -0.25) is 9.78 Å². The van der Waals surface area contributed by atoms with Crippen molar-refractivity contribution in [1.29, 1.82) is 0 Å². The second-order valence-corrected chi connectivity index (χ2v) is 5.22. The molecule has 0 N–H and O–H groups in total. The average molecular weight is 283 g/mol. The highest BCUT2D eigenvalue weighted by Gasteiger charge is 2.22. The fraction of sp³-hybridized carbons (Fsp3) is 0.353. The number of amides is 1. The number of aromatic nitrogens is 2. The first-order valence-corrected chi connectivity index (χ1v) is 7.25. The zero-order chi connectivity index (χ0) is 15.2. The lowest BCUT2D eigenvalue weighted by atomic mass is 10.1. The number of benzene rings is 1. The molecule has 2 aromatic rings. The van der Waals surface area contributed by atoms with Crippen LogP contribution in [0.1, 0.15) is 42.0 Å². The van der Waals surface area contributed by atoms with Crippen LogP contribution in [0.15, 0.2) is 42.7 Å². The van der Waals surface area contributed by atoms with E-state index in [0.717, 1.165) is 17.7 Å². The van der Waals surface area contributed by atoms with Crippen LogP contribution in [0.2, 0.25) is 0 Å². The molecule has 1 atom stereocenters. The quantitative estimate of drug-likeness (QED) is 0.846. The number of rotatable bonds is 5. The van der Waals surface area contributed by atoms with Crippen molar-refractivity contribution in [2.75, 3.05) is 0 Å². The lowest BCUT2D eigenvalue weighted by molar-refractivity contribution is 0.0665. The van der Waals surface area contributed by atoms with E-state index in [4.69, 9.17) is 0 Å². The summed E-state index contributed by atoms with van der Waals surface area (Å²) in [5.41, 5.74) is 2.33. The Morgan fingerprint density at radius 2 is 1.90 bits per heavy atom. The Hall–Kier alpha value is -2.23. The normalized spacial score (nSPS) is 12.0. The lowest BCUT2D eigenvalue weighted by Gasteiger charge is -2.28. The van der Waals surface area contributed by atoms with Gasteiger partial charge in [0.05, 0.1) is 11.9 Å². The molecule has 0 fully saturated rings. The standard InChI is InChI=1S/C17H21N3O/c1-4-14(3)20(12-15-8-6-5-7-9-15)17(21)16-11-18-13(2)10-19-16/h5-11,14H,4,12H2,1-3H3/t14-/m1/s1. The topological polar surface area (TPSA) is 46.1 Å². The van der Waals surface area contributed by atoms with Crippen LogP contribution >= 0.6 is 0 Å². The van der Waals surface area contributed by atoms with Crippen molar-refractivity contribution < 1.29 is 4.79 Å². The zero-order valence-electron chi connectivity index (χ0n) is 12.8. The largest absolute Gasteiger partial charge is 0.330 e. The highest BCUT2D eigenvalue weighted by molar-refractivity contribution is 5.92. The van der Waals surface area contributed by atoms with Crippen LogP contribution in [0.5, 0.6) is 0 Å². The van der Waals surface area contributed by atoms with Gasteiger partial charge in [-0.15, -0.1) is 0 Å². The third kappa shape index (κ3) is 3.88. The maximum absolute atomic E-state index is 12.7. The number of nitrogens with zero attached hydrogens (tertiary/aromatic N) is 3. The van der Waals surface area contributed by atoms with Crippen LogP contribution in [0, 0.1) is 6.92 Å². The van der Waals surface area contributed by atoms with Gasteiger partial charge in [-0.05, 0) is 25.8 Å².